The van der Waals surface area contributed by atoms with Gasteiger partial charge in [-0.3, -0.25) is 9.36 Å². The van der Waals surface area contributed by atoms with Crippen molar-refractivity contribution < 1.29 is 9.84 Å². The molecule has 0 spiro atoms. The smallest absolute Gasteiger partial charge is 0.261 e. The van der Waals surface area contributed by atoms with Crippen molar-refractivity contribution >= 4 is 10.9 Å². The van der Waals surface area contributed by atoms with E-state index in [1.54, 1.807) is 12.1 Å². The van der Waals surface area contributed by atoms with Gasteiger partial charge in [0.05, 0.1) is 29.9 Å². The number of fused-ring (bicyclic) bond motifs is 2. The Hall–Kier alpha value is -1.76. The van der Waals surface area contributed by atoms with Gasteiger partial charge in [0.25, 0.3) is 5.56 Å². The molecule has 3 heterocycles. The molecule has 2 aliphatic rings. The first-order valence-corrected chi connectivity index (χ1v) is 7.72. The molecule has 4 rings (SSSR count). The van der Waals surface area contributed by atoms with E-state index in [-0.39, 0.29) is 24.2 Å². The number of rotatable bonds is 2. The average Bonchev–Trinajstić information content (AvgIpc) is 2.86. The molecule has 0 unspecified atom stereocenters. The zero-order valence-electron chi connectivity index (χ0n) is 12.2. The van der Waals surface area contributed by atoms with E-state index in [9.17, 15) is 9.90 Å². The highest BCUT2D eigenvalue weighted by Crippen LogP contribution is 2.33. The van der Waals surface area contributed by atoms with Crippen molar-refractivity contribution in [3.8, 4) is 0 Å². The van der Waals surface area contributed by atoms with Gasteiger partial charge in [-0.1, -0.05) is 12.1 Å². The lowest BCUT2D eigenvalue weighted by atomic mass is 9.99. The van der Waals surface area contributed by atoms with E-state index in [4.69, 9.17) is 4.74 Å². The van der Waals surface area contributed by atoms with Crippen LogP contribution >= 0.6 is 0 Å². The maximum atomic E-state index is 12.5. The second-order valence-electron chi connectivity index (χ2n) is 6.20. The zero-order valence-corrected chi connectivity index (χ0v) is 12.2. The lowest BCUT2D eigenvalue weighted by Gasteiger charge is -2.25. The Bertz CT molecular complexity index is 744. The molecular formula is C16H19N3O3. The first-order valence-electron chi connectivity index (χ1n) is 7.72. The molecule has 2 fully saturated rings. The maximum Gasteiger partial charge on any atom is 0.261 e. The van der Waals surface area contributed by atoms with Gasteiger partial charge in [0.2, 0.25) is 0 Å². The van der Waals surface area contributed by atoms with Crippen LogP contribution in [0.4, 0.5) is 0 Å². The number of nitrogens with zero attached hydrogens (tertiary/aromatic N) is 2. The Morgan fingerprint density at radius 2 is 2.32 bits per heavy atom. The van der Waals surface area contributed by atoms with Crippen molar-refractivity contribution in [1.29, 1.82) is 0 Å². The van der Waals surface area contributed by atoms with Crippen LogP contribution in [0, 0.1) is 0 Å². The number of aromatic nitrogens is 2. The van der Waals surface area contributed by atoms with Gasteiger partial charge in [0.15, 0.2) is 5.79 Å². The molecular weight excluding hydrogens is 282 g/mol. The Morgan fingerprint density at radius 3 is 3.18 bits per heavy atom. The van der Waals surface area contributed by atoms with E-state index >= 15 is 0 Å². The quantitative estimate of drug-likeness (QED) is 0.851. The van der Waals surface area contributed by atoms with Crippen LogP contribution in [0.2, 0.25) is 0 Å². The van der Waals surface area contributed by atoms with Gasteiger partial charge in [-0.05, 0) is 31.5 Å². The highest BCUT2D eigenvalue weighted by molar-refractivity contribution is 5.76. The largest absolute Gasteiger partial charge is 0.364 e. The molecule has 6 heteroatoms. The van der Waals surface area contributed by atoms with Gasteiger partial charge in [-0.2, -0.15) is 0 Å². The van der Waals surface area contributed by atoms with Crippen molar-refractivity contribution in [3.63, 3.8) is 0 Å². The van der Waals surface area contributed by atoms with Crippen molar-refractivity contribution in [1.82, 2.24) is 14.9 Å². The van der Waals surface area contributed by atoms with Crippen LogP contribution in [0.15, 0.2) is 35.4 Å². The minimum atomic E-state index is -1.30. The fourth-order valence-corrected chi connectivity index (χ4v) is 3.53. The van der Waals surface area contributed by atoms with Crippen molar-refractivity contribution in [2.45, 2.75) is 43.7 Å². The summed E-state index contributed by atoms with van der Waals surface area (Å²) in [5.41, 5.74) is 0.517. The van der Waals surface area contributed by atoms with Crippen LogP contribution in [-0.4, -0.2) is 39.1 Å². The highest BCUT2D eigenvalue weighted by Gasteiger charge is 2.46. The van der Waals surface area contributed by atoms with Crippen LogP contribution in [0.1, 0.15) is 19.3 Å². The summed E-state index contributed by atoms with van der Waals surface area (Å²) >= 11 is 0. The Morgan fingerprint density at radius 1 is 1.45 bits per heavy atom. The molecule has 1 aromatic carbocycles. The van der Waals surface area contributed by atoms with Crippen LogP contribution in [0.3, 0.4) is 0 Å². The number of aliphatic hydroxyl groups is 1. The lowest BCUT2D eigenvalue weighted by molar-refractivity contribution is -0.202. The van der Waals surface area contributed by atoms with Gasteiger partial charge in [0.1, 0.15) is 0 Å². The Kier molecular flexibility index (Phi) is 3.25. The molecule has 0 amide bonds. The van der Waals surface area contributed by atoms with Crippen molar-refractivity contribution in [3.05, 3.63) is 40.9 Å². The average molecular weight is 301 g/mol. The van der Waals surface area contributed by atoms with E-state index in [0.717, 1.165) is 19.4 Å². The molecule has 6 nitrogen and oxygen atoms in total. The summed E-state index contributed by atoms with van der Waals surface area (Å²) in [7, 11) is 0. The van der Waals surface area contributed by atoms with Gasteiger partial charge >= 0.3 is 0 Å². The summed E-state index contributed by atoms with van der Waals surface area (Å²) in [4.78, 5) is 16.8. The molecule has 1 aromatic heterocycles. The minimum Gasteiger partial charge on any atom is -0.364 e. The summed E-state index contributed by atoms with van der Waals surface area (Å²) in [6, 6.07) is 7.39. The molecule has 3 atom stereocenters. The lowest BCUT2D eigenvalue weighted by Crippen LogP contribution is -2.41. The first kappa shape index (κ1) is 13.9. The minimum absolute atomic E-state index is 0.0304. The van der Waals surface area contributed by atoms with E-state index in [2.05, 4.69) is 10.3 Å². The van der Waals surface area contributed by atoms with E-state index in [1.165, 1.54) is 10.9 Å². The monoisotopic (exact) mass is 301 g/mol. The number of hydrogen-bond donors (Lipinski definition) is 2. The SMILES string of the molecule is O=c1c2ccccc2ncn1C[C@@]1(O)C[C@H]2NCCC[C@H]2O1. The number of ether oxygens (including phenoxy) is 1. The van der Waals surface area contributed by atoms with Crippen molar-refractivity contribution in [2.75, 3.05) is 6.54 Å². The van der Waals surface area contributed by atoms with E-state index < -0.39 is 5.79 Å². The number of para-hydroxylation sites is 1. The maximum absolute atomic E-state index is 12.5. The van der Waals surface area contributed by atoms with Crippen LogP contribution in [0.25, 0.3) is 10.9 Å². The van der Waals surface area contributed by atoms with Gasteiger partial charge in [0, 0.05) is 12.5 Å². The van der Waals surface area contributed by atoms with Gasteiger partial charge < -0.3 is 15.2 Å². The molecule has 2 aromatic rings. The summed E-state index contributed by atoms with van der Waals surface area (Å²) in [6.45, 7) is 1.07. The third-order valence-corrected chi connectivity index (χ3v) is 4.58. The third-order valence-electron chi connectivity index (χ3n) is 4.58. The molecule has 116 valence electrons. The highest BCUT2D eigenvalue weighted by atomic mass is 16.6. The molecule has 0 saturated carbocycles. The van der Waals surface area contributed by atoms with Crippen LogP contribution in [0.5, 0.6) is 0 Å². The molecule has 0 radical (unpaired) electrons. The predicted octanol–water partition coefficient (Wildman–Crippen LogP) is 0.626. The number of benzene rings is 1. The second-order valence-corrected chi connectivity index (χ2v) is 6.20. The Balaban J connectivity index is 1.63. The summed E-state index contributed by atoms with van der Waals surface area (Å²) in [5.74, 6) is -1.30. The van der Waals surface area contributed by atoms with E-state index in [1.807, 2.05) is 12.1 Å². The van der Waals surface area contributed by atoms with Crippen molar-refractivity contribution in [2.24, 2.45) is 0 Å². The first-order chi connectivity index (χ1) is 10.6. The van der Waals surface area contributed by atoms with E-state index in [0.29, 0.717) is 17.3 Å². The molecule has 2 N–H and O–H groups in total. The number of hydrogen-bond acceptors (Lipinski definition) is 5. The summed E-state index contributed by atoms with van der Waals surface area (Å²) in [5, 5.41) is 14.7. The fourth-order valence-electron chi connectivity index (χ4n) is 3.53. The van der Waals surface area contributed by atoms with Crippen LogP contribution in [-0.2, 0) is 11.3 Å². The molecule has 22 heavy (non-hydrogen) atoms. The predicted molar refractivity (Wildman–Crippen MR) is 81.5 cm³/mol. The zero-order chi connectivity index (χ0) is 15.2. The summed E-state index contributed by atoms with van der Waals surface area (Å²) < 4.78 is 7.27. The molecule has 2 aliphatic heterocycles. The third kappa shape index (κ3) is 2.33. The molecule has 0 bridgehead atoms. The van der Waals surface area contributed by atoms with Crippen LogP contribution < -0.4 is 10.9 Å². The fraction of sp³-hybridized carbons (Fsp3) is 0.500. The molecule has 0 aliphatic carbocycles. The Labute approximate surface area is 127 Å². The number of nitrogens with one attached hydrogen (secondary N) is 1. The normalized spacial score (nSPS) is 31.3. The number of piperidine rings is 1. The summed E-state index contributed by atoms with van der Waals surface area (Å²) in [6.07, 6.45) is 4.01. The standard InChI is InChI=1S/C16H19N3O3/c20-15-11-4-1-2-5-12(11)18-10-19(15)9-16(21)8-13-14(22-16)6-3-7-17-13/h1-2,4-5,10,13-14,17,21H,3,6-9H2/t13-,14-,16-/m1/s1. The topological polar surface area (TPSA) is 76.4 Å². The van der Waals surface area contributed by atoms with Gasteiger partial charge in [-0.15, -0.1) is 0 Å². The molecule has 2 saturated heterocycles. The second kappa shape index (κ2) is 5.15. The van der Waals surface area contributed by atoms with Gasteiger partial charge in [-0.25, -0.2) is 4.98 Å².